The smallest absolute Gasteiger partial charge is 0.261 e. The average Bonchev–Trinajstić information content (AvgIpc) is 2.48. The van der Waals surface area contributed by atoms with E-state index in [1.165, 1.54) is 12.1 Å². The summed E-state index contributed by atoms with van der Waals surface area (Å²) in [6.45, 7) is 0.0778. The lowest BCUT2D eigenvalue weighted by molar-refractivity contribution is 0.201. The lowest BCUT2D eigenvalue weighted by atomic mass is 10.3. The Kier molecular flexibility index (Phi) is 5.22. The summed E-state index contributed by atoms with van der Waals surface area (Å²) in [5.41, 5.74) is 0.485. The van der Waals surface area contributed by atoms with Gasteiger partial charge in [0.25, 0.3) is 10.0 Å². The standard InChI is InChI=1S/C14H14BrNO4S/c15-11-1-3-12(4-2-11)16-21(18,19)14-7-5-13(6-8-14)20-10-9-17/h1-8,16-17H,9-10H2. The molecule has 0 amide bonds. The van der Waals surface area contributed by atoms with E-state index in [1.54, 1.807) is 36.4 Å². The lowest BCUT2D eigenvalue weighted by Gasteiger charge is -2.09. The molecule has 2 rings (SSSR count). The van der Waals surface area contributed by atoms with Crippen molar-refractivity contribution in [3.8, 4) is 5.75 Å². The summed E-state index contributed by atoms with van der Waals surface area (Å²) in [6, 6.07) is 12.8. The van der Waals surface area contributed by atoms with Crippen LogP contribution in [0.1, 0.15) is 0 Å². The topological polar surface area (TPSA) is 75.6 Å². The van der Waals surface area contributed by atoms with Crippen molar-refractivity contribution in [2.75, 3.05) is 17.9 Å². The Bertz CT molecular complexity index is 684. The van der Waals surface area contributed by atoms with Crippen molar-refractivity contribution in [3.05, 3.63) is 53.0 Å². The van der Waals surface area contributed by atoms with Crippen LogP contribution in [0.3, 0.4) is 0 Å². The van der Waals surface area contributed by atoms with E-state index < -0.39 is 10.0 Å². The number of sulfonamides is 1. The molecule has 0 aliphatic rings. The number of rotatable bonds is 6. The van der Waals surface area contributed by atoms with Gasteiger partial charge in [-0.25, -0.2) is 8.42 Å². The van der Waals surface area contributed by atoms with E-state index >= 15 is 0 Å². The molecular weight excluding hydrogens is 358 g/mol. The molecule has 0 saturated carbocycles. The van der Waals surface area contributed by atoms with E-state index in [0.29, 0.717) is 11.4 Å². The third kappa shape index (κ3) is 4.45. The van der Waals surface area contributed by atoms with E-state index in [9.17, 15) is 8.42 Å². The second kappa shape index (κ2) is 6.93. The van der Waals surface area contributed by atoms with Gasteiger partial charge in [0.15, 0.2) is 0 Å². The maximum absolute atomic E-state index is 12.2. The molecule has 0 radical (unpaired) electrons. The van der Waals surface area contributed by atoms with Gasteiger partial charge in [-0.3, -0.25) is 4.72 Å². The van der Waals surface area contributed by atoms with Crippen molar-refractivity contribution in [2.24, 2.45) is 0 Å². The minimum atomic E-state index is -3.63. The number of aliphatic hydroxyl groups excluding tert-OH is 1. The number of anilines is 1. The molecule has 0 aliphatic heterocycles. The van der Waals surface area contributed by atoms with Gasteiger partial charge < -0.3 is 9.84 Å². The lowest BCUT2D eigenvalue weighted by Crippen LogP contribution is -2.12. The predicted octanol–water partition coefficient (Wildman–Crippen LogP) is 2.62. The first-order valence-electron chi connectivity index (χ1n) is 6.13. The SMILES string of the molecule is O=S(=O)(Nc1ccc(Br)cc1)c1ccc(OCCO)cc1. The third-order valence-electron chi connectivity index (χ3n) is 2.59. The molecule has 0 bridgehead atoms. The average molecular weight is 372 g/mol. The zero-order valence-electron chi connectivity index (χ0n) is 11.0. The first-order valence-corrected chi connectivity index (χ1v) is 8.41. The van der Waals surface area contributed by atoms with Crippen molar-refractivity contribution >= 4 is 31.6 Å². The van der Waals surface area contributed by atoms with Gasteiger partial charge in [0.05, 0.1) is 11.5 Å². The summed E-state index contributed by atoms with van der Waals surface area (Å²) in [6.07, 6.45) is 0. The maximum atomic E-state index is 12.2. The molecule has 0 saturated heterocycles. The highest BCUT2D eigenvalue weighted by atomic mass is 79.9. The third-order valence-corrected chi connectivity index (χ3v) is 4.52. The maximum Gasteiger partial charge on any atom is 0.261 e. The summed E-state index contributed by atoms with van der Waals surface area (Å²) in [7, 11) is -3.63. The van der Waals surface area contributed by atoms with Gasteiger partial charge >= 0.3 is 0 Å². The van der Waals surface area contributed by atoms with Crippen LogP contribution in [0.5, 0.6) is 5.75 Å². The number of nitrogens with one attached hydrogen (secondary N) is 1. The Labute approximate surface area is 131 Å². The first-order chi connectivity index (χ1) is 10.0. The Morgan fingerprint density at radius 3 is 2.24 bits per heavy atom. The Hall–Kier alpha value is -1.57. The second-order valence-corrected chi connectivity index (χ2v) is 6.75. The predicted molar refractivity (Wildman–Crippen MR) is 84.0 cm³/mol. The number of ether oxygens (including phenoxy) is 1. The van der Waals surface area contributed by atoms with Gasteiger partial charge in [-0.15, -0.1) is 0 Å². The van der Waals surface area contributed by atoms with Crippen LogP contribution in [0.25, 0.3) is 0 Å². The summed E-state index contributed by atoms with van der Waals surface area (Å²) in [5, 5.41) is 8.66. The molecule has 2 aromatic carbocycles. The molecule has 0 aromatic heterocycles. The monoisotopic (exact) mass is 371 g/mol. The van der Waals surface area contributed by atoms with Crippen molar-refractivity contribution < 1.29 is 18.3 Å². The highest BCUT2D eigenvalue weighted by Crippen LogP contribution is 2.20. The fraction of sp³-hybridized carbons (Fsp3) is 0.143. The molecule has 0 atom stereocenters. The van der Waals surface area contributed by atoms with Gasteiger partial charge in [-0.1, -0.05) is 15.9 Å². The zero-order valence-corrected chi connectivity index (χ0v) is 13.4. The normalized spacial score (nSPS) is 11.1. The van der Waals surface area contributed by atoms with Crippen LogP contribution in [0.15, 0.2) is 57.9 Å². The van der Waals surface area contributed by atoms with Crippen molar-refractivity contribution in [1.29, 1.82) is 0 Å². The van der Waals surface area contributed by atoms with Crippen LogP contribution in [0, 0.1) is 0 Å². The minimum Gasteiger partial charge on any atom is -0.491 e. The van der Waals surface area contributed by atoms with Crippen LogP contribution < -0.4 is 9.46 Å². The molecule has 2 aromatic rings. The van der Waals surface area contributed by atoms with Gasteiger partial charge in [0, 0.05) is 10.2 Å². The first kappa shape index (κ1) is 15.8. The Morgan fingerprint density at radius 1 is 1.05 bits per heavy atom. The van der Waals surface area contributed by atoms with Crippen molar-refractivity contribution in [3.63, 3.8) is 0 Å². The van der Waals surface area contributed by atoms with Crippen LogP contribution in [0.4, 0.5) is 5.69 Å². The van der Waals surface area contributed by atoms with Gasteiger partial charge in [-0.2, -0.15) is 0 Å². The molecule has 2 N–H and O–H groups in total. The fourth-order valence-corrected chi connectivity index (χ4v) is 2.93. The minimum absolute atomic E-state index is 0.0921. The Morgan fingerprint density at radius 2 is 1.67 bits per heavy atom. The second-order valence-electron chi connectivity index (χ2n) is 4.16. The molecule has 0 heterocycles. The largest absolute Gasteiger partial charge is 0.491 e. The molecule has 0 spiro atoms. The molecule has 0 unspecified atom stereocenters. The van der Waals surface area contributed by atoms with Gasteiger partial charge in [0.2, 0.25) is 0 Å². The number of hydrogen-bond donors (Lipinski definition) is 2. The fourth-order valence-electron chi connectivity index (χ4n) is 1.61. The van der Waals surface area contributed by atoms with Gasteiger partial charge in [0.1, 0.15) is 12.4 Å². The van der Waals surface area contributed by atoms with Crippen LogP contribution >= 0.6 is 15.9 Å². The molecule has 0 fully saturated rings. The van der Waals surface area contributed by atoms with E-state index in [0.717, 1.165) is 4.47 Å². The molecular formula is C14H14BrNO4S. The summed E-state index contributed by atoms with van der Waals surface area (Å²) < 4.78 is 33.0. The van der Waals surface area contributed by atoms with E-state index in [1.807, 2.05) is 0 Å². The summed E-state index contributed by atoms with van der Waals surface area (Å²) in [5.74, 6) is 0.506. The van der Waals surface area contributed by atoms with E-state index in [4.69, 9.17) is 9.84 Å². The van der Waals surface area contributed by atoms with E-state index in [-0.39, 0.29) is 18.1 Å². The quantitative estimate of drug-likeness (QED) is 0.818. The van der Waals surface area contributed by atoms with Crippen LogP contribution in [-0.4, -0.2) is 26.7 Å². The molecule has 21 heavy (non-hydrogen) atoms. The van der Waals surface area contributed by atoms with Gasteiger partial charge in [-0.05, 0) is 48.5 Å². The van der Waals surface area contributed by atoms with E-state index in [2.05, 4.69) is 20.7 Å². The summed E-state index contributed by atoms with van der Waals surface area (Å²) in [4.78, 5) is 0.141. The molecule has 5 nitrogen and oxygen atoms in total. The highest BCUT2D eigenvalue weighted by Gasteiger charge is 2.14. The number of hydrogen-bond acceptors (Lipinski definition) is 4. The van der Waals surface area contributed by atoms with Crippen LogP contribution in [0.2, 0.25) is 0 Å². The molecule has 7 heteroatoms. The van der Waals surface area contributed by atoms with Crippen molar-refractivity contribution in [1.82, 2.24) is 0 Å². The zero-order chi connectivity index (χ0) is 15.3. The number of aliphatic hydroxyl groups is 1. The highest BCUT2D eigenvalue weighted by molar-refractivity contribution is 9.10. The summed E-state index contributed by atoms with van der Waals surface area (Å²) >= 11 is 3.29. The Balaban J connectivity index is 2.13. The van der Waals surface area contributed by atoms with Crippen LogP contribution in [-0.2, 0) is 10.0 Å². The van der Waals surface area contributed by atoms with Crippen molar-refractivity contribution in [2.45, 2.75) is 4.90 Å². The molecule has 0 aliphatic carbocycles. The number of halogens is 1. The number of benzene rings is 2. The molecule has 112 valence electrons.